The second kappa shape index (κ2) is 14.1. The number of nitrogens with one attached hydrogen (secondary N) is 3. The van der Waals surface area contributed by atoms with Crippen LogP contribution in [0.1, 0.15) is 56.6 Å². The predicted molar refractivity (Wildman–Crippen MR) is 177 cm³/mol. The van der Waals surface area contributed by atoms with Crippen LogP contribution in [-0.4, -0.2) is 76.0 Å². The quantitative estimate of drug-likeness (QED) is 0.181. The maximum Gasteiger partial charge on any atom is 0.243 e. The average Bonchev–Trinajstić information content (AvgIpc) is 3.03. The van der Waals surface area contributed by atoms with Gasteiger partial charge in [0.15, 0.2) is 5.78 Å². The van der Waals surface area contributed by atoms with Gasteiger partial charge in [-0.3, -0.25) is 19.2 Å². The first-order chi connectivity index (χ1) is 22.0. The normalized spacial score (nSPS) is 28.1. The lowest BCUT2D eigenvalue weighted by Crippen LogP contribution is -2.77. The van der Waals surface area contributed by atoms with Gasteiger partial charge in [-0.05, 0) is 105 Å². The molecule has 46 heavy (non-hydrogen) atoms. The molecule has 7 N–H and O–H groups in total. The number of thioether (sulfide) groups is 1. The van der Waals surface area contributed by atoms with Gasteiger partial charge < -0.3 is 31.9 Å². The van der Waals surface area contributed by atoms with Gasteiger partial charge in [0.2, 0.25) is 17.7 Å². The number of aliphatic hydroxyl groups is 1. The van der Waals surface area contributed by atoms with E-state index in [-0.39, 0.29) is 23.9 Å². The van der Waals surface area contributed by atoms with Crippen LogP contribution in [0.4, 0.5) is 0 Å². The van der Waals surface area contributed by atoms with Crippen molar-refractivity contribution in [1.29, 1.82) is 0 Å². The number of amides is 3. The van der Waals surface area contributed by atoms with Crippen molar-refractivity contribution in [3.8, 4) is 5.75 Å². The highest BCUT2D eigenvalue weighted by molar-refractivity contribution is 7.98. The SMILES string of the molecule is CSCC[C@@H](NC(=O)[C@@H](N)Cc1ccc(O)cc1)C(=O)N[C@@H](C)C(=O)NC12CC3CC(CC(C3)C1(C(=O)CO)c1ccccc1)C2. The van der Waals surface area contributed by atoms with Crippen LogP contribution in [-0.2, 0) is 31.0 Å². The van der Waals surface area contributed by atoms with Gasteiger partial charge in [-0.15, -0.1) is 0 Å². The Bertz CT molecular complexity index is 1410. The van der Waals surface area contributed by atoms with E-state index >= 15 is 0 Å². The molecule has 6 rings (SSSR count). The fourth-order valence-corrected chi connectivity index (χ4v) is 9.18. The van der Waals surface area contributed by atoms with E-state index in [9.17, 15) is 29.4 Å². The summed E-state index contributed by atoms with van der Waals surface area (Å²) in [7, 11) is 0. The Morgan fingerprint density at radius 1 is 0.935 bits per heavy atom. The van der Waals surface area contributed by atoms with Crippen LogP contribution in [0.25, 0.3) is 0 Å². The minimum absolute atomic E-state index is 0.00270. The van der Waals surface area contributed by atoms with Crippen LogP contribution in [0.3, 0.4) is 0 Å². The van der Waals surface area contributed by atoms with Crippen molar-refractivity contribution in [1.82, 2.24) is 16.0 Å². The van der Waals surface area contributed by atoms with Gasteiger partial charge in [0.1, 0.15) is 24.4 Å². The van der Waals surface area contributed by atoms with Crippen LogP contribution in [0.5, 0.6) is 5.75 Å². The van der Waals surface area contributed by atoms with Crippen LogP contribution in [0.2, 0.25) is 0 Å². The first kappa shape index (κ1) is 33.9. The molecular weight excluding hydrogens is 604 g/mol. The first-order valence-corrected chi connectivity index (χ1v) is 17.6. The smallest absolute Gasteiger partial charge is 0.243 e. The molecule has 4 saturated carbocycles. The summed E-state index contributed by atoms with van der Waals surface area (Å²) < 4.78 is 0. The Morgan fingerprint density at radius 2 is 1.59 bits per heavy atom. The van der Waals surface area contributed by atoms with Crippen molar-refractivity contribution >= 4 is 35.3 Å². The van der Waals surface area contributed by atoms with E-state index in [1.807, 2.05) is 36.6 Å². The molecule has 4 fully saturated rings. The van der Waals surface area contributed by atoms with Gasteiger partial charge in [0.05, 0.1) is 17.0 Å². The van der Waals surface area contributed by atoms with Gasteiger partial charge >= 0.3 is 0 Å². The number of Topliss-reactive ketones (excluding diaryl/α,β-unsaturated/α-hetero) is 1. The van der Waals surface area contributed by atoms with Gasteiger partial charge in [-0.25, -0.2) is 0 Å². The highest BCUT2D eigenvalue weighted by atomic mass is 32.2. The monoisotopic (exact) mass is 650 g/mol. The van der Waals surface area contributed by atoms with Crippen LogP contribution >= 0.6 is 11.8 Å². The number of ketones is 1. The molecule has 0 aliphatic heterocycles. The molecule has 11 heteroatoms. The second-order valence-electron chi connectivity index (χ2n) is 13.4. The van der Waals surface area contributed by atoms with Gasteiger partial charge in [-0.2, -0.15) is 11.8 Å². The molecule has 4 bridgehead atoms. The van der Waals surface area contributed by atoms with Gasteiger partial charge in [0.25, 0.3) is 0 Å². The van der Waals surface area contributed by atoms with E-state index in [0.717, 1.165) is 30.4 Å². The summed E-state index contributed by atoms with van der Waals surface area (Å²) in [6.45, 7) is 0.992. The second-order valence-corrected chi connectivity index (χ2v) is 14.4. The number of phenols is 1. The summed E-state index contributed by atoms with van der Waals surface area (Å²) in [6, 6.07) is 13.2. The lowest BCUT2D eigenvalue weighted by atomic mass is 9.39. The highest BCUT2D eigenvalue weighted by Crippen LogP contribution is 2.65. The molecule has 2 aromatic rings. The molecule has 248 valence electrons. The van der Waals surface area contributed by atoms with Gasteiger partial charge in [0, 0.05) is 0 Å². The fraction of sp³-hybridized carbons (Fsp3) is 0.543. The lowest BCUT2D eigenvalue weighted by Gasteiger charge is -2.67. The third-order valence-corrected chi connectivity index (χ3v) is 11.1. The number of hydrogen-bond donors (Lipinski definition) is 6. The zero-order valence-electron chi connectivity index (χ0n) is 26.5. The number of aromatic hydroxyl groups is 1. The molecule has 0 radical (unpaired) electrons. The number of benzene rings is 2. The number of carbonyl (C=O) groups is 4. The average molecular weight is 651 g/mol. The first-order valence-electron chi connectivity index (χ1n) is 16.2. The Balaban J connectivity index is 1.31. The maximum atomic E-state index is 14.0. The highest BCUT2D eigenvalue weighted by Gasteiger charge is 2.69. The minimum atomic E-state index is -1.06. The topological polar surface area (TPSA) is 171 Å². The predicted octanol–water partition coefficient (Wildman–Crippen LogP) is 2.20. The van der Waals surface area contributed by atoms with Crippen molar-refractivity contribution in [2.75, 3.05) is 18.6 Å². The third-order valence-electron chi connectivity index (χ3n) is 10.4. The van der Waals surface area contributed by atoms with E-state index in [1.165, 1.54) is 23.9 Å². The van der Waals surface area contributed by atoms with Crippen LogP contribution in [0.15, 0.2) is 54.6 Å². The molecule has 3 unspecified atom stereocenters. The van der Waals surface area contributed by atoms with Crippen molar-refractivity contribution < 1.29 is 29.4 Å². The van der Waals surface area contributed by atoms with Crippen molar-refractivity contribution in [2.45, 2.75) is 80.9 Å². The van der Waals surface area contributed by atoms with Gasteiger partial charge in [-0.1, -0.05) is 42.5 Å². The Hall–Kier alpha value is -3.41. The minimum Gasteiger partial charge on any atom is -0.508 e. The molecular formula is C35H46N4O6S. The lowest BCUT2D eigenvalue weighted by molar-refractivity contribution is -0.156. The maximum absolute atomic E-state index is 14.0. The summed E-state index contributed by atoms with van der Waals surface area (Å²) in [5.74, 6) is -0.189. The Morgan fingerprint density at radius 3 is 2.20 bits per heavy atom. The van der Waals surface area contributed by atoms with Crippen molar-refractivity contribution in [3.05, 3.63) is 65.7 Å². The number of phenolic OH excluding ortho intramolecular Hbond substituents is 1. The third kappa shape index (κ3) is 6.55. The molecule has 3 amide bonds. The Labute approximate surface area is 274 Å². The molecule has 0 spiro atoms. The van der Waals surface area contributed by atoms with E-state index in [2.05, 4.69) is 16.0 Å². The summed E-state index contributed by atoms with van der Waals surface area (Å²) in [5, 5.41) is 28.7. The molecule has 2 aromatic carbocycles. The van der Waals surface area contributed by atoms with Crippen LogP contribution < -0.4 is 21.7 Å². The number of nitrogens with two attached hydrogens (primary N) is 1. The number of aliphatic hydroxyl groups excluding tert-OH is 1. The zero-order valence-corrected chi connectivity index (χ0v) is 27.4. The standard InChI is InChI=1S/C35H46N4O6S/c1-21(37-33(45)29(12-13-46-2)38-32(44)28(36)17-22-8-10-27(41)11-9-22)31(43)39-34-18-23-14-24(19-34)16-26(15-23)35(34,30(42)20-40)25-6-4-3-5-7-25/h3-11,21,23-24,26,28-29,40-41H,12-20,36H2,1-2H3,(H,37,45)(H,38,44)(H,39,43)/t21-,23?,24?,26?,28-,29+,34?,35?/m0/s1. The number of hydrogen-bond acceptors (Lipinski definition) is 8. The summed E-state index contributed by atoms with van der Waals surface area (Å²) in [4.78, 5) is 54.4. The zero-order chi connectivity index (χ0) is 33.1. The number of carbonyl (C=O) groups excluding carboxylic acids is 4. The molecule has 4 aliphatic carbocycles. The van der Waals surface area contributed by atoms with Crippen LogP contribution in [0, 0.1) is 17.8 Å². The largest absolute Gasteiger partial charge is 0.508 e. The molecule has 4 aliphatic rings. The van der Waals surface area contributed by atoms with Crippen molar-refractivity contribution in [2.24, 2.45) is 23.5 Å². The van der Waals surface area contributed by atoms with E-state index in [0.29, 0.717) is 36.9 Å². The molecule has 0 heterocycles. The Kier molecular flexibility index (Phi) is 10.4. The fourth-order valence-electron chi connectivity index (χ4n) is 8.71. The van der Waals surface area contributed by atoms with E-state index < -0.39 is 53.4 Å². The summed E-state index contributed by atoms with van der Waals surface area (Å²) in [6.07, 6.45) is 6.58. The molecule has 0 saturated heterocycles. The molecule has 0 aromatic heterocycles. The number of rotatable bonds is 14. The molecule has 6 atom stereocenters. The summed E-state index contributed by atoms with van der Waals surface area (Å²) in [5.41, 5.74) is 5.82. The van der Waals surface area contributed by atoms with E-state index in [1.54, 1.807) is 19.1 Å². The summed E-state index contributed by atoms with van der Waals surface area (Å²) >= 11 is 1.53. The molecule has 10 nitrogen and oxygen atoms in total. The van der Waals surface area contributed by atoms with Crippen molar-refractivity contribution in [3.63, 3.8) is 0 Å². The van der Waals surface area contributed by atoms with E-state index in [4.69, 9.17) is 5.73 Å².